The van der Waals surface area contributed by atoms with Crippen LogP contribution in [0.1, 0.15) is 89.9 Å². The van der Waals surface area contributed by atoms with Crippen LogP contribution in [0.15, 0.2) is 16.6 Å². The fourth-order valence-electron chi connectivity index (χ4n) is 6.53. The molecule has 5 aliphatic rings. The first-order chi connectivity index (χ1) is 14.7. The van der Waals surface area contributed by atoms with Gasteiger partial charge in [-0.3, -0.25) is 4.90 Å². The second-order valence-corrected chi connectivity index (χ2v) is 10.6. The SMILES string of the molecule is OC(C1=NC(C2CCN(CC3=CCCCC3)CC2)ON1)(C1CCCCC1)C1CCC1. The number of likely N-dealkylation sites (tertiary alicyclic amines) is 1. The average Bonchev–Trinajstić information content (AvgIpc) is 3.25. The zero-order valence-electron chi connectivity index (χ0n) is 18.7. The fourth-order valence-corrected chi connectivity index (χ4v) is 6.53. The van der Waals surface area contributed by atoms with Gasteiger partial charge in [-0.25, -0.2) is 15.3 Å². The Balaban J connectivity index is 1.20. The average molecular weight is 416 g/mol. The number of nitrogens with one attached hydrogen (secondary N) is 1. The van der Waals surface area contributed by atoms with E-state index in [4.69, 9.17) is 9.83 Å². The number of aliphatic hydroxyl groups is 1. The lowest BCUT2D eigenvalue weighted by atomic mass is 9.63. The molecule has 2 atom stereocenters. The highest BCUT2D eigenvalue weighted by Gasteiger charge is 2.52. The van der Waals surface area contributed by atoms with Gasteiger partial charge in [0, 0.05) is 12.5 Å². The summed E-state index contributed by atoms with van der Waals surface area (Å²) in [4.78, 5) is 13.6. The molecule has 2 unspecified atom stereocenters. The molecule has 2 aliphatic heterocycles. The first-order valence-electron chi connectivity index (χ1n) is 12.9. The van der Waals surface area contributed by atoms with Gasteiger partial charge in [0.25, 0.3) is 0 Å². The maximum Gasteiger partial charge on any atom is 0.180 e. The van der Waals surface area contributed by atoms with Gasteiger partial charge in [0.05, 0.1) is 0 Å². The van der Waals surface area contributed by atoms with Crippen LogP contribution in [0, 0.1) is 17.8 Å². The molecule has 5 rings (SSSR count). The van der Waals surface area contributed by atoms with Crippen LogP contribution < -0.4 is 5.48 Å². The van der Waals surface area contributed by atoms with Gasteiger partial charge in [-0.1, -0.05) is 37.3 Å². The lowest BCUT2D eigenvalue weighted by Gasteiger charge is -2.47. The maximum atomic E-state index is 11.9. The number of hydrogen-bond donors (Lipinski definition) is 2. The summed E-state index contributed by atoms with van der Waals surface area (Å²) >= 11 is 0. The molecule has 0 aromatic carbocycles. The van der Waals surface area contributed by atoms with Crippen LogP contribution in [0.3, 0.4) is 0 Å². The third-order valence-electron chi connectivity index (χ3n) is 8.71. The van der Waals surface area contributed by atoms with Crippen LogP contribution in [0.25, 0.3) is 0 Å². The van der Waals surface area contributed by atoms with E-state index < -0.39 is 5.60 Å². The smallest absolute Gasteiger partial charge is 0.180 e. The summed E-state index contributed by atoms with van der Waals surface area (Å²) in [6, 6.07) is 0. The highest BCUT2D eigenvalue weighted by atomic mass is 16.7. The minimum atomic E-state index is -0.790. The molecule has 5 nitrogen and oxygen atoms in total. The quantitative estimate of drug-likeness (QED) is 0.624. The molecular weight excluding hydrogens is 374 g/mol. The van der Waals surface area contributed by atoms with E-state index in [0.29, 0.717) is 17.8 Å². The molecule has 2 saturated carbocycles. The van der Waals surface area contributed by atoms with Gasteiger partial charge in [-0.2, -0.15) is 0 Å². The highest BCUT2D eigenvalue weighted by Crippen LogP contribution is 2.46. The predicted octanol–water partition coefficient (Wildman–Crippen LogP) is 4.57. The third kappa shape index (κ3) is 4.22. The Morgan fingerprint density at radius 3 is 2.33 bits per heavy atom. The Kier molecular flexibility index (Phi) is 6.50. The predicted molar refractivity (Wildman–Crippen MR) is 120 cm³/mol. The standard InChI is InChI=1S/C25H41N3O2/c29-25(22-12-7-13-22,21-10-5-2-6-11-21)24-26-23(30-27-24)20-14-16-28(17-15-20)18-19-8-3-1-4-9-19/h8,20-23,29H,1-7,9-18H2,(H,26,27). The summed E-state index contributed by atoms with van der Waals surface area (Å²) in [6.07, 6.45) is 19.5. The second kappa shape index (κ2) is 9.30. The molecule has 2 N–H and O–H groups in total. The monoisotopic (exact) mass is 415 g/mol. The van der Waals surface area contributed by atoms with E-state index >= 15 is 0 Å². The number of nitrogens with zero attached hydrogens (tertiary/aromatic N) is 2. The minimum absolute atomic E-state index is 0.119. The Bertz CT molecular complexity index is 645. The number of piperidine rings is 1. The molecule has 1 saturated heterocycles. The van der Waals surface area contributed by atoms with Crippen LogP contribution in [-0.4, -0.2) is 47.3 Å². The number of amidine groups is 1. The summed E-state index contributed by atoms with van der Waals surface area (Å²) < 4.78 is 0. The molecule has 168 valence electrons. The molecule has 0 spiro atoms. The van der Waals surface area contributed by atoms with E-state index in [9.17, 15) is 5.11 Å². The van der Waals surface area contributed by atoms with Gasteiger partial charge in [-0.15, -0.1) is 0 Å². The molecule has 0 aromatic rings. The van der Waals surface area contributed by atoms with Crippen molar-refractivity contribution in [2.75, 3.05) is 19.6 Å². The minimum Gasteiger partial charge on any atom is -0.381 e. The van der Waals surface area contributed by atoms with E-state index in [2.05, 4.69) is 16.5 Å². The van der Waals surface area contributed by atoms with Crippen molar-refractivity contribution in [3.63, 3.8) is 0 Å². The second-order valence-electron chi connectivity index (χ2n) is 10.6. The topological polar surface area (TPSA) is 57.1 Å². The van der Waals surface area contributed by atoms with Gasteiger partial charge in [-0.05, 0) is 89.1 Å². The van der Waals surface area contributed by atoms with Gasteiger partial charge < -0.3 is 5.11 Å². The summed E-state index contributed by atoms with van der Waals surface area (Å²) in [5.74, 6) is 1.93. The van der Waals surface area contributed by atoms with Gasteiger partial charge >= 0.3 is 0 Å². The molecule has 0 aromatic heterocycles. The van der Waals surface area contributed by atoms with E-state index in [1.165, 1.54) is 51.4 Å². The van der Waals surface area contributed by atoms with Crippen molar-refractivity contribution in [2.45, 2.75) is 102 Å². The van der Waals surface area contributed by atoms with E-state index in [0.717, 1.165) is 64.0 Å². The van der Waals surface area contributed by atoms with Crippen LogP contribution in [0.5, 0.6) is 0 Å². The summed E-state index contributed by atoms with van der Waals surface area (Å²) in [5.41, 5.74) is 4.00. The molecule has 3 aliphatic carbocycles. The van der Waals surface area contributed by atoms with Crippen molar-refractivity contribution in [2.24, 2.45) is 22.7 Å². The molecule has 0 radical (unpaired) electrons. The van der Waals surface area contributed by atoms with E-state index in [1.54, 1.807) is 5.57 Å². The molecule has 0 bridgehead atoms. The summed E-state index contributed by atoms with van der Waals surface area (Å²) in [7, 11) is 0. The van der Waals surface area contributed by atoms with Gasteiger partial charge in [0.2, 0.25) is 0 Å². The van der Waals surface area contributed by atoms with Gasteiger partial charge in [0.1, 0.15) is 5.60 Å². The normalized spacial score (nSPS) is 32.1. The van der Waals surface area contributed by atoms with Crippen LogP contribution >= 0.6 is 0 Å². The van der Waals surface area contributed by atoms with E-state index in [-0.39, 0.29) is 6.23 Å². The molecule has 30 heavy (non-hydrogen) atoms. The van der Waals surface area contributed by atoms with Gasteiger partial charge in [0.15, 0.2) is 12.1 Å². The first kappa shape index (κ1) is 21.0. The third-order valence-corrected chi connectivity index (χ3v) is 8.71. The molecule has 3 fully saturated rings. The summed E-state index contributed by atoms with van der Waals surface area (Å²) in [5, 5.41) is 11.9. The Morgan fingerprint density at radius 1 is 0.967 bits per heavy atom. The lowest BCUT2D eigenvalue weighted by molar-refractivity contribution is -0.0617. The largest absolute Gasteiger partial charge is 0.381 e. The molecule has 2 heterocycles. The van der Waals surface area contributed by atoms with Crippen molar-refractivity contribution in [3.05, 3.63) is 11.6 Å². The van der Waals surface area contributed by atoms with Crippen molar-refractivity contribution in [1.82, 2.24) is 10.4 Å². The highest BCUT2D eigenvalue weighted by molar-refractivity contribution is 5.91. The van der Waals surface area contributed by atoms with Crippen molar-refractivity contribution in [1.29, 1.82) is 0 Å². The Morgan fingerprint density at radius 2 is 1.70 bits per heavy atom. The Hall–Kier alpha value is -0.910. The van der Waals surface area contributed by atoms with E-state index in [1.807, 2.05) is 0 Å². The number of aliphatic imine (C=N–C) groups is 1. The zero-order valence-corrected chi connectivity index (χ0v) is 18.7. The first-order valence-corrected chi connectivity index (χ1v) is 12.9. The van der Waals surface area contributed by atoms with Crippen molar-refractivity contribution in [3.8, 4) is 0 Å². The number of hydroxylamine groups is 1. The maximum absolute atomic E-state index is 11.9. The lowest BCUT2D eigenvalue weighted by Crippen LogP contribution is -2.57. The number of hydrogen-bond acceptors (Lipinski definition) is 5. The molecule has 0 amide bonds. The van der Waals surface area contributed by atoms with Crippen LogP contribution in [-0.2, 0) is 4.84 Å². The fraction of sp³-hybridized carbons (Fsp3) is 0.880. The summed E-state index contributed by atoms with van der Waals surface area (Å²) in [6.45, 7) is 3.44. The van der Waals surface area contributed by atoms with Crippen molar-refractivity contribution < 1.29 is 9.94 Å². The Labute approximate surface area is 182 Å². The van der Waals surface area contributed by atoms with Crippen molar-refractivity contribution >= 4 is 5.84 Å². The zero-order chi connectivity index (χ0) is 20.4. The number of rotatable bonds is 6. The molecular formula is C25H41N3O2. The van der Waals surface area contributed by atoms with Crippen LogP contribution in [0.4, 0.5) is 0 Å². The van der Waals surface area contributed by atoms with Crippen LogP contribution in [0.2, 0.25) is 0 Å². The molecule has 5 heteroatoms. The number of allylic oxidation sites excluding steroid dienone is 1.